The van der Waals surface area contributed by atoms with Crippen molar-refractivity contribution in [3.05, 3.63) is 0 Å². The summed E-state index contributed by atoms with van der Waals surface area (Å²) >= 11 is 1.89. The van der Waals surface area contributed by atoms with Crippen molar-refractivity contribution in [2.75, 3.05) is 25.1 Å². The zero-order chi connectivity index (χ0) is 11.8. The number of nitrogens with one attached hydrogen (secondary N) is 1. The summed E-state index contributed by atoms with van der Waals surface area (Å²) in [5.41, 5.74) is 0. The molecule has 16 heavy (non-hydrogen) atoms. The van der Waals surface area contributed by atoms with E-state index in [9.17, 15) is 5.11 Å². The Kier molecular flexibility index (Phi) is 7.50. The molecular weight excluding hydrogens is 218 g/mol. The molecular formula is C13H27NOS. The molecule has 3 heteroatoms. The predicted molar refractivity (Wildman–Crippen MR) is 73.0 cm³/mol. The first-order valence-corrected chi connectivity index (χ1v) is 7.99. The van der Waals surface area contributed by atoms with E-state index >= 15 is 0 Å². The van der Waals surface area contributed by atoms with Gasteiger partial charge in [-0.25, -0.2) is 0 Å². The predicted octanol–water partition coefficient (Wildman–Crippen LogP) is 2.52. The van der Waals surface area contributed by atoms with Gasteiger partial charge in [-0.05, 0) is 36.8 Å². The molecule has 0 amide bonds. The van der Waals surface area contributed by atoms with Gasteiger partial charge in [0.15, 0.2) is 0 Å². The van der Waals surface area contributed by atoms with Gasteiger partial charge in [-0.2, -0.15) is 11.8 Å². The average molecular weight is 245 g/mol. The molecule has 2 nitrogen and oxygen atoms in total. The molecule has 0 heterocycles. The summed E-state index contributed by atoms with van der Waals surface area (Å²) < 4.78 is 0. The van der Waals surface area contributed by atoms with Crippen molar-refractivity contribution in [2.24, 2.45) is 11.8 Å². The highest BCUT2D eigenvalue weighted by molar-refractivity contribution is 7.98. The third-order valence-corrected chi connectivity index (χ3v) is 4.31. The van der Waals surface area contributed by atoms with Gasteiger partial charge in [0.05, 0.1) is 6.10 Å². The Morgan fingerprint density at radius 3 is 2.62 bits per heavy atom. The monoisotopic (exact) mass is 245 g/mol. The maximum Gasteiger partial charge on any atom is 0.0667 e. The first-order valence-electron chi connectivity index (χ1n) is 6.60. The van der Waals surface area contributed by atoms with Crippen LogP contribution in [0.2, 0.25) is 0 Å². The van der Waals surface area contributed by atoms with E-state index < -0.39 is 0 Å². The van der Waals surface area contributed by atoms with E-state index in [1.54, 1.807) is 0 Å². The molecule has 1 fully saturated rings. The molecule has 0 saturated heterocycles. The van der Waals surface area contributed by atoms with Crippen LogP contribution >= 0.6 is 11.8 Å². The fraction of sp³-hybridized carbons (Fsp3) is 1.00. The highest BCUT2D eigenvalue weighted by Gasteiger charge is 2.18. The van der Waals surface area contributed by atoms with Crippen LogP contribution in [0.25, 0.3) is 0 Å². The minimum absolute atomic E-state index is 0.135. The Morgan fingerprint density at radius 2 is 2.00 bits per heavy atom. The number of hydrogen-bond acceptors (Lipinski definition) is 3. The van der Waals surface area contributed by atoms with Crippen LogP contribution in [0.15, 0.2) is 0 Å². The van der Waals surface area contributed by atoms with Gasteiger partial charge in [0, 0.05) is 6.54 Å². The maximum atomic E-state index is 9.88. The van der Waals surface area contributed by atoms with Crippen molar-refractivity contribution in [2.45, 2.75) is 45.1 Å². The number of hydrogen-bond donors (Lipinski definition) is 2. The lowest BCUT2D eigenvalue weighted by Crippen LogP contribution is -2.31. The molecule has 96 valence electrons. The first-order chi connectivity index (χ1) is 7.72. The molecule has 1 saturated carbocycles. The standard InChI is InChI=1S/C13H27NOS/c1-11(10-16-2)8-14-9-13(15)7-12-5-3-4-6-12/h11-15H,3-10H2,1-2H3. The Hall–Kier alpha value is 0.270. The second-order valence-corrected chi connectivity index (χ2v) is 6.17. The van der Waals surface area contributed by atoms with Crippen LogP contribution in [-0.4, -0.2) is 36.3 Å². The van der Waals surface area contributed by atoms with Crippen LogP contribution < -0.4 is 5.32 Å². The van der Waals surface area contributed by atoms with Gasteiger partial charge in [-0.1, -0.05) is 32.6 Å². The first kappa shape index (κ1) is 14.3. The summed E-state index contributed by atoms with van der Waals surface area (Å²) in [6.07, 6.45) is 8.42. The topological polar surface area (TPSA) is 32.3 Å². The quantitative estimate of drug-likeness (QED) is 0.689. The zero-order valence-electron chi connectivity index (χ0n) is 10.7. The third kappa shape index (κ3) is 6.12. The van der Waals surface area contributed by atoms with Gasteiger partial charge in [-0.3, -0.25) is 0 Å². The molecule has 0 spiro atoms. The van der Waals surface area contributed by atoms with Gasteiger partial charge in [0.2, 0.25) is 0 Å². The van der Waals surface area contributed by atoms with Crippen molar-refractivity contribution in [3.8, 4) is 0 Å². The number of rotatable bonds is 8. The molecule has 1 aliphatic rings. The molecule has 1 aliphatic carbocycles. The van der Waals surface area contributed by atoms with Gasteiger partial charge in [-0.15, -0.1) is 0 Å². The Labute approximate surface area is 105 Å². The Bertz CT molecular complexity index is 171. The van der Waals surface area contributed by atoms with Crippen LogP contribution in [-0.2, 0) is 0 Å². The second kappa shape index (κ2) is 8.37. The van der Waals surface area contributed by atoms with Crippen LogP contribution in [0, 0.1) is 11.8 Å². The van der Waals surface area contributed by atoms with E-state index in [4.69, 9.17) is 0 Å². The number of aliphatic hydroxyl groups excluding tert-OH is 1. The van der Waals surface area contributed by atoms with Crippen LogP contribution in [0.1, 0.15) is 39.0 Å². The molecule has 0 aromatic heterocycles. The minimum Gasteiger partial charge on any atom is -0.392 e. The molecule has 0 radical (unpaired) electrons. The van der Waals surface area contributed by atoms with Gasteiger partial charge < -0.3 is 10.4 Å². The van der Waals surface area contributed by atoms with Gasteiger partial charge in [0.1, 0.15) is 0 Å². The van der Waals surface area contributed by atoms with Crippen molar-refractivity contribution in [1.29, 1.82) is 0 Å². The largest absolute Gasteiger partial charge is 0.392 e. The summed E-state index contributed by atoms with van der Waals surface area (Å²) in [4.78, 5) is 0. The second-order valence-electron chi connectivity index (χ2n) is 5.26. The number of thioether (sulfide) groups is 1. The summed E-state index contributed by atoms with van der Waals surface area (Å²) in [6.45, 7) is 4.06. The van der Waals surface area contributed by atoms with Crippen LogP contribution in [0.5, 0.6) is 0 Å². The summed E-state index contributed by atoms with van der Waals surface area (Å²) in [5, 5.41) is 13.3. The van der Waals surface area contributed by atoms with Crippen molar-refractivity contribution < 1.29 is 5.11 Å². The molecule has 0 aromatic rings. The SMILES string of the molecule is CSCC(C)CNCC(O)CC1CCCC1. The molecule has 2 unspecified atom stereocenters. The van der Waals surface area contributed by atoms with E-state index in [2.05, 4.69) is 18.5 Å². The number of aliphatic hydroxyl groups is 1. The van der Waals surface area contributed by atoms with E-state index in [0.717, 1.165) is 25.4 Å². The lowest BCUT2D eigenvalue weighted by atomic mass is 10.00. The van der Waals surface area contributed by atoms with Crippen molar-refractivity contribution >= 4 is 11.8 Å². The Balaban J connectivity index is 1.98. The lowest BCUT2D eigenvalue weighted by molar-refractivity contribution is 0.140. The highest BCUT2D eigenvalue weighted by Crippen LogP contribution is 2.28. The minimum atomic E-state index is -0.135. The molecule has 2 N–H and O–H groups in total. The molecule has 0 bridgehead atoms. The summed E-state index contributed by atoms with van der Waals surface area (Å²) in [7, 11) is 0. The molecule has 2 atom stereocenters. The smallest absolute Gasteiger partial charge is 0.0667 e. The van der Waals surface area contributed by atoms with E-state index in [0.29, 0.717) is 5.92 Å². The van der Waals surface area contributed by atoms with E-state index in [1.165, 1.54) is 31.4 Å². The van der Waals surface area contributed by atoms with Gasteiger partial charge in [0.25, 0.3) is 0 Å². The molecule has 0 aromatic carbocycles. The van der Waals surface area contributed by atoms with Crippen molar-refractivity contribution in [1.82, 2.24) is 5.32 Å². The zero-order valence-corrected chi connectivity index (χ0v) is 11.6. The van der Waals surface area contributed by atoms with Crippen molar-refractivity contribution in [3.63, 3.8) is 0 Å². The lowest BCUT2D eigenvalue weighted by Gasteiger charge is -2.17. The summed E-state index contributed by atoms with van der Waals surface area (Å²) in [5.74, 6) is 2.69. The van der Waals surface area contributed by atoms with E-state index in [1.807, 2.05) is 11.8 Å². The normalized spacial score (nSPS) is 21.2. The van der Waals surface area contributed by atoms with E-state index in [-0.39, 0.29) is 6.10 Å². The van der Waals surface area contributed by atoms with Crippen LogP contribution in [0.4, 0.5) is 0 Å². The third-order valence-electron chi connectivity index (χ3n) is 3.40. The molecule has 1 rings (SSSR count). The fourth-order valence-electron chi connectivity index (χ4n) is 2.55. The fourth-order valence-corrected chi connectivity index (χ4v) is 3.24. The van der Waals surface area contributed by atoms with Gasteiger partial charge >= 0.3 is 0 Å². The summed E-state index contributed by atoms with van der Waals surface area (Å²) in [6, 6.07) is 0. The molecule has 0 aliphatic heterocycles. The maximum absolute atomic E-state index is 9.88. The highest BCUT2D eigenvalue weighted by atomic mass is 32.2. The van der Waals surface area contributed by atoms with Crippen LogP contribution in [0.3, 0.4) is 0 Å². The Morgan fingerprint density at radius 1 is 1.31 bits per heavy atom. The average Bonchev–Trinajstić information content (AvgIpc) is 2.70.